The second-order valence-corrected chi connectivity index (χ2v) is 5.25. The molecule has 2 N–H and O–H groups in total. The second-order valence-electron chi connectivity index (χ2n) is 5.25. The largest absolute Gasteiger partial charge is 0.480 e. The van der Waals surface area contributed by atoms with Gasteiger partial charge in [0.2, 0.25) is 5.91 Å². The minimum atomic E-state index is -1.12. The lowest BCUT2D eigenvalue weighted by Gasteiger charge is -2.30. The summed E-state index contributed by atoms with van der Waals surface area (Å²) < 4.78 is 26.9. The molecule has 1 saturated heterocycles. The van der Waals surface area contributed by atoms with Crippen molar-refractivity contribution in [1.29, 1.82) is 0 Å². The number of aliphatic carboxylic acids is 1. The maximum Gasteiger partial charge on any atom is 0.323 e. The third kappa shape index (κ3) is 3.02. The van der Waals surface area contributed by atoms with Gasteiger partial charge in [-0.3, -0.25) is 14.5 Å². The van der Waals surface area contributed by atoms with E-state index in [9.17, 15) is 23.5 Å². The van der Waals surface area contributed by atoms with E-state index in [4.69, 9.17) is 0 Å². The van der Waals surface area contributed by atoms with Crippen LogP contribution in [0.3, 0.4) is 0 Å². The first-order chi connectivity index (χ1) is 9.84. The van der Waals surface area contributed by atoms with Crippen molar-refractivity contribution < 1.29 is 23.5 Å². The van der Waals surface area contributed by atoms with E-state index < -0.39 is 34.7 Å². The molecule has 1 aliphatic rings. The zero-order valence-corrected chi connectivity index (χ0v) is 11.5. The predicted octanol–water partition coefficient (Wildman–Crippen LogP) is 1.84. The van der Waals surface area contributed by atoms with Crippen LogP contribution < -0.4 is 5.32 Å². The molecule has 114 valence electrons. The van der Waals surface area contributed by atoms with Crippen LogP contribution in [0.5, 0.6) is 0 Å². The van der Waals surface area contributed by atoms with Crippen molar-refractivity contribution >= 4 is 17.6 Å². The van der Waals surface area contributed by atoms with Crippen LogP contribution in [0.15, 0.2) is 18.2 Å². The first-order valence-corrected chi connectivity index (χ1v) is 6.57. The lowest BCUT2D eigenvalue weighted by Crippen LogP contribution is -2.50. The monoisotopic (exact) mass is 298 g/mol. The molecule has 0 aliphatic carbocycles. The van der Waals surface area contributed by atoms with Gasteiger partial charge in [0.05, 0.1) is 6.54 Å². The van der Waals surface area contributed by atoms with Gasteiger partial charge in [-0.25, -0.2) is 8.78 Å². The Morgan fingerprint density at radius 2 is 2.00 bits per heavy atom. The fraction of sp³-hybridized carbons (Fsp3) is 0.429. The number of halogens is 2. The molecule has 0 bridgehead atoms. The van der Waals surface area contributed by atoms with Gasteiger partial charge in [-0.2, -0.15) is 0 Å². The SMILES string of the molecule is CC1(C(=O)O)CCCN1CC(=O)Nc1c(F)cccc1F. The number of benzene rings is 1. The number of carbonyl (C=O) groups excluding carboxylic acids is 1. The summed E-state index contributed by atoms with van der Waals surface area (Å²) in [6.07, 6.45) is 1.09. The number of anilines is 1. The number of hydrogen-bond acceptors (Lipinski definition) is 3. The lowest BCUT2D eigenvalue weighted by molar-refractivity contribution is -0.149. The van der Waals surface area contributed by atoms with Gasteiger partial charge in [0.1, 0.15) is 22.9 Å². The first kappa shape index (κ1) is 15.4. The molecule has 0 spiro atoms. The van der Waals surface area contributed by atoms with E-state index in [1.54, 1.807) is 6.92 Å². The molecule has 1 amide bonds. The zero-order chi connectivity index (χ0) is 15.6. The number of nitrogens with one attached hydrogen (secondary N) is 1. The summed E-state index contributed by atoms with van der Waals surface area (Å²) in [5.74, 6) is -3.39. The Bertz CT molecular complexity index is 559. The van der Waals surface area contributed by atoms with E-state index >= 15 is 0 Å². The van der Waals surface area contributed by atoms with Gasteiger partial charge >= 0.3 is 5.97 Å². The standard InChI is InChI=1S/C14H16F2N2O3/c1-14(13(20)21)6-3-7-18(14)8-11(19)17-12-9(15)4-2-5-10(12)16/h2,4-5H,3,6-8H2,1H3,(H,17,19)(H,20,21). The van der Waals surface area contributed by atoms with Crippen LogP contribution in [0.25, 0.3) is 0 Å². The molecule has 1 aromatic rings. The van der Waals surface area contributed by atoms with Gasteiger partial charge in [-0.1, -0.05) is 6.07 Å². The van der Waals surface area contributed by atoms with Crippen molar-refractivity contribution in [2.24, 2.45) is 0 Å². The summed E-state index contributed by atoms with van der Waals surface area (Å²) >= 11 is 0. The Morgan fingerprint density at radius 3 is 2.57 bits per heavy atom. The Morgan fingerprint density at radius 1 is 1.38 bits per heavy atom. The van der Waals surface area contributed by atoms with Crippen molar-refractivity contribution in [2.75, 3.05) is 18.4 Å². The van der Waals surface area contributed by atoms with Crippen LogP contribution in [0.1, 0.15) is 19.8 Å². The van der Waals surface area contributed by atoms with Crippen LogP contribution in [0.4, 0.5) is 14.5 Å². The van der Waals surface area contributed by atoms with Crippen LogP contribution in [-0.4, -0.2) is 40.5 Å². The van der Waals surface area contributed by atoms with Crippen LogP contribution >= 0.6 is 0 Å². The minimum absolute atomic E-state index is 0.226. The third-order valence-corrected chi connectivity index (χ3v) is 3.81. The molecule has 0 radical (unpaired) electrons. The van der Waals surface area contributed by atoms with E-state index in [1.807, 2.05) is 0 Å². The zero-order valence-electron chi connectivity index (χ0n) is 11.5. The molecule has 1 unspecified atom stereocenters. The Balaban J connectivity index is 2.07. The number of para-hydroxylation sites is 1. The molecule has 1 fully saturated rings. The Hall–Kier alpha value is -2.02. The van der Waals surface area contributed by atoms with E-state index in [2.05, 4.69) is 5.32 Å². The summed E-state index contributed by atoms with van der Waals surface area (Å²) in [6, 6.07) is 3.27. The highest BCUT2D eigenvalue weighted by molar-refractivity contribution is 5.93. The highest BCUT2D eigenvalue weighted by Gasteiger charge is 2.43. The molecule has 0 aromatic heterocycles. The van der Waals surface area contributed by atoms with Crippen molar-refractivity contribution in [1.82, 2.24) is 4.90 Å². The molecular formula is C14H16F2N2O3. The summed E-state index contributed by atoms with van der Waals surface area (Å²) in [5, 5.41) is 11.4. The number of carboxylic acid groups (broad SMARTS) is 1. The molecule has 1 heterocycles. The summed E-state index contributed by atoms with van der Waals surface area (Å²) in [5.41, 5.74) is -1.63. The van der Waals surface area contributed by atoms with E-state index in [1.165, 1.54) is 11.0 Å². The van der Waals surface area contributed by atoms with E-state index in [0.29, 0.717) is 19.4 Å². The highest BCUT2D eigenvalue weighted by Crippen LogP contribution is 2.29. The lowest BCUT2D eigenvalue weighted by atomic mass is 9.99. The molecule has 5 nitrogen and oxygen atoms in total. The fourth-order valence-electron chi connectivity index (χ4n) is 2.48. The number of nitrogens with zero attached hydrogens (tertiary/aromatic N) is 1. The quantitative estimate of drug-likeness (QED) is 0.890. The van der Waals surface area contributed by atoms with Gasteiger partial charge in [-0.05, 0) is 38.4 Å². The number of rotatable bonds is 4. The number of carboxylic acids is 1. The Kier molecular flexibility index (Phi) is 4.22. The summed E-state index contributed by atoms with van der Waals surface area (Å²) in [6.45, 7) is 1.77. The number of amides is 1. The highest BCUT2D eigenvalue weighted by atomic mass is 19.1. The molecule has 1 aromatic carbocycles. The maximum absolute atomic E-state index is 13.4. The molecular weight excluding hydrogens is 282 g/mol. The van der Waals surface area contributed by atoms with Crippen LogP contribution in [0.2, 0.25) is 0 Å². The van der Waals surface area contributed by atoms with Crippen molar-refractivity contribution in [3.63, 3.8) is 0 Å². The van der Waals surface area contributed by atoms with Gasteiger partial charge in [0.25, 0.3) is 0 Å². The average Bonchev–Trinajstić information content (AvgIpc) is 2.77. The second kappa shape index (κ2) is 5.77. The summed E-state index contributed by atoms with van der Waals surface area (Å²) in [4.78, 5) is 24.7. The van der Waals surface area contributed by atoms with Crippen molar-refractivity contribution in [3.05, 3.63) is 29.8 Å². The molecule has 1 aliphatic heterocycles. The van der Waals surface area contributed by atoms with Crippen LogP contribution in [0, 0.1) is 11.6 Å². The molecule has 2 rings (SSSR count). The topological polar surface area (TPSA) is 69.6 Å². The maximum atomic E-state index is 13.4. The van der Waals surface area contributed by atoms with Gasteiger partial charge < -0.3 is 10.4 Å². The third-order valence-electron chi connectivity index (χ3n) is 3.81. The first-order valence-electron chi connectivity index (χ1n) is 6.57. The number of carbonyl (C=O) groups is 2. The van der Waals surface area contributed by atoms with E-state index in [-0.39, 0.29) is 6.54 Å². The van der Waals surface area contributed by atoms with Crippen LogP contribution in [-0.2, 0) is 9.59 Å². The predicted molar refractivity (Wildman–Crippen MR) is 71.8 cm³/mol. The summed E-state index contributed by atoms with van der Waals surface area (Å²) in [7, 11) is 0. The smallest absolute Gasteiger partial charge is 0.323 e. The molecule has 0 saturated carbocycles. The van der Waals surface area contributed by atoms with Gasteiger partial charge in [0, 0.05) is 0 Å². The average molecular weight is 298 g/mol. The van der Waals surface area contributed by atoms with Gasteiger partial charge in [-0.15, -0.1) is 0 Å². The van der Waals surface area contributed by atoms with E-state index in [0.717, 1.165) is 12.1 Å². The normalized spacial score (nSPS) is 22.2. The van der Waals surface area contributed by atoms with Crippen molar-refractivity contribution in [3.8, 4) is 0 Å². The fourth-order valence-corrected chi connectivity index (χ4v) is 2.48. The molecule has 7 heteroatoms. The number of hydrogen-bond donors (Lipinski definition) is 2. The van der Waals surface area contributed by atoms with Crippen molar-refractivity contribution in [2.45, 2.75) is 25.3 Å². The minimum Gasteiger partial charge on any atom is -0.480 e. The molecule has 1 atom stereocenters. The Labute approximate surface area is 120 Å². The number of likely N-dealkylation sites (tertiary alicyclic amines) is 1. The molecule has 21 heavy (non-hydrogen) atoms. The van der Waals surface area contributed by atoms with Gasteiger partial charge in [0.15, 0.2) is 0 Å².